The maximum atomic E-state index is 11.1. The largest absolute Gasteiger partial charge is 0.362 e. The van der Waals surface area contributed by atoms with Crippen LogP contribution in [0.5, 0.6) is 0 Å². The summed E-state index contributed by atoms with van der Waals surface area (Å²) in [7, 11) is 0. The molecule has 21 heavy (non-hydrogen) atoms. The zero-order valence-corrected chi connectivity index (χ0v) is 12.6. The predicted octanol–water partition coefficient (Wildman–Crippen LogP) is 4.51. The van der Waals surface area contributed by atoms with Crippen LogP contribution in [-0.2, 0) is 4.74 Å². The number of fused-ring (bicyclic) bond motifs is 2. The van der Waals surface area contributed by atoms with E-state index in [9.17, 15) is 5.11 Å². The van der Waals surface area contributed by atoms with Crippen molar-refractivity contribution in [2.24, 2.45) is 5.92 Å². The van der Waals surface area contributed by atoms with Crippen LogP contribution in [0.15, 0.2) is 41.5 Å². The maximum Gasteiger partial charge on any atom is 0.189 e. The Labute approximate surface area is 126 Å². The molecule has 1 N–H and O–H groups in total. The summed E-state index contributed by atoms with van der Waals surface area (Å²) in [4.78, 5) is 0. The number of hydrogen-bond donors (Lipinski definition) is 1. The Balaban J connectivity index is 1.79. The van der Waals surface area contributed by atoms with E-state index in [1.807, 2.05) is 6.07 Å². The van der Waals surface area contributed by atoms with Gasteiger partial charge in [0.2, 0.25) is 0 Å². The third-order valence-electron chi connectivity index (χ3n) is 5.53. The highest BCUT2D eigenvalue weighted by Gasteiger charge is 2.47. The minimum absolute atomic E-state index is 0.0355. The Morgan fingerprint density at radius 1 is 1.00 bits per heavy atom. The van der Waals surface area contributed by atoms with E-state index in [2.05, 4.69) is 24.3 Å². The molecule has 0 spiro atoms. The van der Waals surface area contributed by atoms with Gasteiger partial charge < -0.3 is 9.84 Å². The zero-order chi connectivity index (χ0) is 14.3. The van der Waals surface area contributed by atoms with Gasteiger partial charge in [0, 0.05) is 12.3 Å². The fraction of sp³-hybridized carbons (Fsp3) is 0.579. The molecule has 4 rings (SSSR count). The van der Waals surface area contributed by atoms with E-state index < -0.39 is 5.79 Å². The molecule has 1 aromatic rings. The standard InChI is InChI=1S/C19H24O2/c20-19-13-7-6-12-17(19)15-10-4-5-11-16(15)18(21-19)14-8-2-1-3-9-14/h1-3,8-9,16,18,20H,4-7,10-13H2/t16-,18+,19+/m1/s1. The minimum atomic E-state index is -0.984. The van der Waals surface area contributed by atoms with Gasteiger partial charge in [-0.3, -0.25) is 0 Å². The predicted molar refractivity (Wildman–Crippen MR) is 82.7 cm³/mol. The molecule has 2 fully saturated rings. The molecular formula is C19H24O2. The average molecular weight is 284 g/mol. The number of ether oxygens (including phenoxy) is 1. The lowest BCUT2D eigenvalue weighted by Gasteiger charge is -2.48. The van der Waals surface area contributed by atoms with Gasteiger partial charge in [0.15, 0.2) is 5.79 Å². The van der Waals surface area contributed by atoms with Crippen molar-refractivity contribution in [3.05, 3.63) is 47.0 Å². The van der Waals surface area contributed by atoms with Crippen molar-refractivity contribution in [3.8, 4) is 0 Å². The Morgan fingerprint density at radius 3 is 2.67 bits per heavy atom. The summed E-state index contributed by atoms with van der Waals surface area (Å²) in [5.41, 5.74) is 3.99. The summed E-state index contributed by atoms with van der Waals surface area (Å²) in [6, 6.07) is 10.5. The third-order valence-corrected chi connectivity index (χ3v) is 5.53. The Bertz CT molecular complexity index is 548. The second-order valence-electron chi connectivity index (χ2n) is 6.80. The highest BCUT2D eigenvalue weighted by atomic mass is 16.6. The molecule has 0 radical (unpaired) electrons. The first kappa shape index (κ1) is 13.5. The molecule has 0 aromatic heterocycles. The minimum Gasteiger partial charge on any atom is -0.362 e. The van der Waals surface area contributed by atoms with Gasteiger partial charge in [-0.05, 0) is 49.7 Å². The van der Waals surface area contributed by atoms with Crippen molar-refractivity contribution in [1.29, 1.82) is 0 Å². The van der Waals surface area contributed by atoms with Gasteiger partial charge in [0.25, 0.3) is 0 Å². The van der Waals surface area contributed by atoms with Crippen molar-refractivity contribution in [2.45, 2.75) is 63.3 Å². The van der Waals surface area contributed by atoms with Gasteiger partial charge in [-0.1, -0.05) is 42.3 Å². The van der Waals surface area contributed by atoms with Gasteiger partial charge in [0.1, 0.15) is 0 Å². The highest BCUT2D eigenvalue weighted by molar-refractivity contribution is 5.33. The van der Waals surface area contributed by atoms with Gasteiger partial charge in [-0.15, -0.1) is 0 Å². The van der Waals surface area contributed by atoms with Crippen LogP contribution < -0.4 is 0 Å². The molecule has 1 aliphatic heterocycles. The van der Waals surface area contributed by atoms with Crippen LogP contribution in [0.25, 0.3) is 0 Å². The van der Waals surface area contributed by atoms with E-state index in [-0.39, 0.29) is 6.10 Å². The lowest BCUT2D eigenvalue weighted by atomic mass is 9.70. The normalized spacial score (nSPS) is 36.0. The smallest absolute Gasteiger partial charge is 0.189 e. The topological polar surface area (TPSA) is 29.5 Å². The van der Waals surface area contributed by atoms with E-state index >= 15 is 0 Å². The number of hydrogen-bond acceptors (Lipinski definition) is 2. The van der Waals surface area contributed by atoms with E-state index in [0.29, 0.717) is 5.92 Å². The lowest BCUT2D eigenvalue weighted by molar-refractivity contribution is -0.238. The van der Waals surface area contributed by atoms with Crippen molar-refractivity contribution in [2.75, 3.05) is 0 Å². The first-order chi connectivity index (χ1) is 10.3. The van der Waals surface area contributed by atoms with Crippen LogP contribution in [-0.4, -0.2) is 10.9 Å². The molecule has 2 nitrogen and oxygen atoms in total. The Morgan fingerprint density at radius 2 is 1.81 bits per heavy atom. The third kappa shape index (κ3) is 2.25. The molecule has 0 amide bonds. The molecule has 0 bridgehead atoms. The van der Waals surface area contributed by atoms with Crippen LogP contribution in [0.2, 0.25) is 0 Å². The highest BCUT2D eigenvalue weighted by Crippen LogP contribution is 2.53. The SMILES string of the molecule is O[C@]12CCCCC1=C1CCCC[C@H]1[C@H](c1ccccc1)O2. The lowest BCUT2D eigenvalue weighted by Crippen LogP contribution is -2.46. The van der Waals surface area contributed by atoms with Gasteiger partial charge in [-0.2, -0.15) is 0 Å². The van der Waals surface area contributed by atoms with Crippen LogP contribution in [0.1, 0.15) is 63.0 Å². The maximum absolute atomic E-state index is 11.1. The molecule has 1 heterocycles. The fourth-order valence-corrected chi connectivity index (χ4v) is 4.54. The Kier molecular flexibility index (Phi) is 3.39. The average Bonchev–Trinajstić information content (AvgIpc) is 2.54. The quantitative estimate of drug-likeness (QED) is 0.769. The van der Waals surface area contributed by atoms with E-state index in [0.717, 1.165) is 25.7 Å². The van der Waals surface area contributed by atoms with Crippen LogP contribution in [0.4, 0.5) is 0 Å². The monoisotopic (exact) mass is 284 g/mol. The molecule has 2 saturated carbocycles. The first-order valence-corrected chi connectivity index (χ1v) is 8.45. The fourth-order valence-electron chi connectivity index (χ4n) is 4.54. The molecule has 3 atom stereocenters. The molecule has 0 saturated heterocycles. The molecule has 3 aliphatic rings. The number of aliphatic hydroxyl groups is 1. The van der Waals surface area contributed by atoms with Crippen LogP contribution in [0, 0.1) is 5.92 Å². The van der Waals surface area contributed by atoms with Crippen molar-refractivity contribution >= 4 is 0 Å². The van der Waals surface area contributed by atoms with Gasteiger partial charge in [-0.25, -0.2) is 0 Å². The van der Waals surface area contributed by atoms with E-state index in [1.54, 1.807) is 0 Å². The van der Waals surface area contributed by atoms with Gasteiger partial charge >= 0.3 is 0 Å². The first-order valence-electron chi connectivity index (χ1n) is 8.45. The number of benzene rings is 1. The van der Waals surface area contributed by atoms with Crippen molar-refractivity contribution in [1.82, 2.24) is 0 Å². The van der Waals surface area contributed by atoms with E-state index in [1.165, 1.54) is 42.4 Å². The second kappa shape index (κ2) is 5.26. The summed E-state index contributed by atoms with van der Waals surface area (Å²) >= 11 is 0. The Hall–Kier alpha value is -1.12. The summed E-state index contributed by atoms with van der Waals surface area (Å²) in [6.07, 6.45) is 9.02. The number of rotatable bonds is 1. The zero-order valence-electron chi connectivity index (χ0n) is 12.6. The second-order valence-corrected chi connectivity index (χ2v) is 6.80. The summed E-state index contributed by atoms with van der Waals surface area (Å²) in [6.45, 7) is 0. The molecule has 2 aliphatic carbocycles. The summed E-state index contributed by atoms with van der Waals surface area (Å²) in [5, 5.41) is 11.1. The van der Waals surface area contributed by atoms with Gasteiger partial charge in [0.05, 0.1) is 6.10 Å². The summed E-state index contributed by atoms with van der Waals surface area (Å²) in [5.74, 6) is -0.503. The van der Waals surface area contributed by atoms with Crippen LogP contribution >= 0.6 is 0 Å². The molecule has 2 heteroatoms. The molecule has 0 unspecified atom stereocenters. The molecule has 1 aromatic carbocycles. The van der Waals surface area contributed by atoms with Crippen molar-refractivity contribution < 1.29 is 9.84 Å². The molecular weight excluding hydrogens is 260 g/mol. The molecule has 112 valence electrons. The van der Waals surface area contributed by atoms with E-state index in [4.69, 9.17) is 4.74 Å². The van der Waals surface area contributed by atoms with Crippen molar-refractivity contribution in [3.63, 3.8) is 0 Å². The van der Waals surface area contributed by atoms with Crippen LogP contribution in [0.3, 0.4) is 0 Å². The summed E-state index contributed by atoms with van der Waals surface area (Å²) < 4.78 is 6.33.